The predicted molar refractivity (Wildman–Crippen MR) is 96.6 cm³/mol. The molecule has 1 aliphatic rings. The number of carboxylic acid groups (broad SMARTS) is 1. The minimum absolute atomic E-state index is 0.0425. The Morgan fingerprint density at radius 2 is 2.04 bits per heavy atom. The van der Waals surface area contributed by atoms with Crippen LogP contribution in [0.4, 0.5) is 18.9 Å². The minimum Gasteiger partial charge on any atom is -0.481 e. The van der Waals surface area contributed by atoms with E-state index < -0.39 is 35.2 Å². The zero-order valence-corrected chi connectivity index (χ0v) is 15.1. The van der Waals surface area contributed by atoms with E-state index >= 15 is 0 Å². The number of benzene rings is 2. The Kier molecular flexibility index (Phi) is 4.54. The van der Waals surface area contributed by atoms with E-state index in [1.54, 1.807) is 0 Å². The molecule has 1 atom stereocenters. The molecule has 1 N–H and O–H groups in total. The summed E-state index contributed by atoms with van der Waals surface area (Å²) in [5.41, 5.74) is 1.24. The molecule has 1 aromatic heterocycles. The molecule has 1 amide bonds. The highest BCUT2D eigenvalue weighted by Gasteiger charge is 2.35. The van der Waals surface area contributed by atoms with Crippen LogP contribution in [0.5, 0.6) is 0 Å². The van der Waals surface area contributed by atoms with E-state index in [0.717, 1.165) is 17.4 Å². The number of carbonyl (C=O) groups excluding carboxylic acids is 1. The Bertz CT molecular complexity index is 1120. The Morgan fingerprint density at radius 3 is 2.79 bits per heavy atom. The van der Waals surface area contributed by atoms with Gasteiger partial charge in [0.25, 0.3) is 0 Å². The molecule has 9 heteroatoms. The lowest BCUT2D eigenvalue weighted by Crippen LogP contribution is -2.41. The fourth-order valence-electron chi connectivity index (χ4n) is 3.39. The number of fused-ring (bicyclic) bond motifs is 2. The summed E-state index contributed by atoms with van der Waals surface area (Å²) in [4.78, 5) is 29.6. The number of rotatable bonds is 4. The Morgan fingerprint density at radius 1 is 1.25 bits per heavy atom. The molecule has 0 bridgehead atoms. The largest absolute Gasteiger partial charge is 0.481 e. The summed E-state index contributed by atoms with van der Waals surface area (Å²) in [5, 5.41) is 9.44. The number of hydrogen-bond donors (Lipinski definition) is 1. The first kappa shape index (κ1) is 18.4. The van der Waals surface area contributed by atoms with Crippen LogP contribution in [-0.4, -0.2) is 22.0 Å². The molecule has 5 nitrogen and oxygen atoms in total. The van der Waals surface area contributed by atoms with Crippen LogP contribution in [0.15, 0.2) is 30.3 Å². The Labute approximate surface area is 161 Å². The van der Waals surface area contributed by atoms with Crippen molar-refractivity contribution in [2.45, 2.75) is 19.4 Å². The third kappa shape index (κ3) is 3.22. The molecule has 0 saturated heterocycles. The summed E-state index contributed by atoms with van der Waals surface area (Å²) in [7, 11) is 0. The van der Waals surface area contributed by atoms with E-state index in [-0.39, 0.29) is 29.6 Å². The summed E-state index contributed by atoms with van der Waals surface area (Å²) < 4.78 is 41.1. The van der Waals surface area contributed by atoms with E-state index in [0.29, 0.717) is 16.3 Å². The highest BCUT2D eigenvalue weighted by atomic mass is 32.1. The second-order valence-electron chi connectivity index (χ2n) is 6.51. The van der Waals surface area contributed by atoms with Gasteiger partial charge in [0.05, 0.1) is 29.1 Å². The number of carbonyl (C=O) groups is 2. The number of aliphatic carboxylic acids is 1. The topological polar surface area (TPSA) is 70.5 Å². The van der Waals surface area contributed by atoms with Crippen molar-refractivity contribution < 1.29 is 27.9 Å². The summed E-state index contributed by atoms with van der Waals surface area (Å²) in [6, 6.07) is 6.27. The van der Waals surface area contributed by atoms with Crippen LogP contribution in [0.25, 0.3) is 10.2 Å². The van der Waals surface area contributed by atoms with Crippen LogP contribution < -0.4 is 4.90 Å². The van der Waals surface area contributed by atoms with E-state index in [2.05, 4.69) is 4.98 Å². The lowest BCUT2D eigenvalue weighted by molar-refractivity contribution is -0.140. The predicted octanol–water partition coefficient (Wildman–Crippen LogP) is 3.89. The highest BCUT2D eigenvalue weighted by Crippen LogP contribution is 2.35. The maximum atomic E-state index is 14.0. The average molecular weight is 406 g/mol. The molecule has 144 valence electrons. The molecule has 1 aliphatic heterocycles. The molecule has 0 fully saturated rings. The maximum absolute atomic E-state index is 14.0. The van der Waals surface area contributed by atoms with Gasteiger partial charge >= 0.3 is 5.97 Å². The number of anilines is 1. The zero-order valence-electron chi connectivity index (χ0n) is 14.3. The van der Waals surface area contributed by atoms with Gasteiger partial charge in [0.2, 0.25) is 5.91 Å². The molecule has 0 aliphatic carbocycles. The van der Waals surface area contributed by atoms with Gasteiger partial charge in [0.15, 0.2) is 11.6 Å². The van der Waals surface area contributed by atoms with Gasteiger partial charge in [-0.1, -0.05) is 0 Å². The molecule has 28 heavy (non-hydrogen) atoms. The van der Waals surface area contributed by atoms with Crippen LogP contribution in [0.1, 0.15) is 17.0 Å². The number of aromatic nitrogens is 1. The van der Waals surface area contributed by atoms with Gasteiger partial charge in [0, 0.05) is 5.69 Å². The lowest BCUT2D eigenvalue weighted by Gasteiger charge is -2.33. The normalized spacial score (nSPS) is 16.5. The van der Waals surface area contributed by atoms with Crippen LogP contribution in [0.2, 0.25) is 0 Å². The molecule has 0 spiro atoms. The Hall–Kier alpha value is -2.94. The highest BCUT2D eigenvalue weighted by molar-refractivity contribution is 7.18. The van der Waals surface area contributed by atoms with Gasteiger partial charge in [-0.3, -0.25) is 9.59 Å². The third-order valence-corrected chi connectivity index (χ3v) is 5.67. The number of halogens is 3. The molecular formula is C19H13F3N2O3S. The molecule has 4 rings (SSSR count). The molecule has 1 unspecified atom stereocenters. The number of hydrogen-bond acceptors (Lipinski definition) is 4. The molecule has 2 heterocycles. The first-order valence-corrected chi connectivity index (χ1v) is 9.20. The van der Waals surface area contributed by atoms with Crippen molar-refractivity contribution in [2.75, 3.05) is 4.90 Å². The van der Waals surface area contributed by atoms with Crippen LogP contribution in [-0.2, 0) is 22.6 Å². The van der Waals surface area contributed by atoms with Gasteiger partial charge in [-0.25, -0.2) is 18.2 Å². The van der Waals surface area contributed by atoms with Crippen molar-refractivity contribution in [3.8, 4) is 0 Å². The van der Waals surface area contributed by atoms with Crippen molar-refractivity contribution in [3.05, 3.63) is 58.4 Å². The standard InChI is InChI=1S/C19H13F3N2O3S/c20-11-1-4-14-9(6-11)5-10(7-16(25)26)19(27)24(14)8-15-23-13-3-2-12(21)17(22)18(13)28-15/h1-4,6,10H,5,7-8H2,(H,25,26). The van der Waals surface area contributed by atoms with Gasteiger partial charge in [-0.05, 0) is 42.3 Å². The fraction of sp³-hybridized carbons (Fsp3) is 0.211. The van der Waals surface area contributed by atoms with Gasteiger partial charge in [-0.15, -0.1) is 11.3 Å². The van der Waals surface area contributed by atoms with Gasteiger partial charge < -0.3 is 10.0 Å². The Balaban J connectivity index is 1.74. The van der Waals surface area contributed by atoms with Gasteiger partial charge in [-0.2, -0.15) is 0 Å². The first-order valence-electron chi connectivity index (χ1n) is 8.38. The van der Waals surface area contributed by atoms with Gasteiger partial charge in [0.1, 0.15) is 10.8 Å². The second-order valence-corrected chi connectivity index (χ2v) is 7.60. The molecule has 3 aromatic rings. The molecule has 2 aromatic carbocycles. The van der Waals surface area contributed by atoms with E-state index in [1.807, 2.05) is 0 Å². The van der Waals surface area contributed by atoms with Crippen LogP contribution in [0.3, 0.4) is 0 Å². The minimum atomic E-state index is -1.13. The second kappa shape index (κ2) is 6.90. The van der Waals surface area contributed by atoms with Crippen LogP contribution >= 0.6 is 11.3 Å². The molecule has 0 saturated carbocycles. The summed E-state index contributed by atoms with van der Waals surface area (Å²) >= 11 is 0.916. The molecule has 0 radical (unpaired) electrons. The van der Waals surface area contributed by atoms with Crippen molar-refractivity contribution in [1.29, 1.82) is 0 Å². The van der Waals surface area contributed by atoms with Crippen molar-refractivity contribution >= 4 is 39.1 Å². The first-order chi connectivity index (χ1) is 13.3. The zero-order chi connectivity index (χ0) is 20.0. The smallest absolute Gasteiger partial charge is 0.304 e. The maximum Gasteiger partial charge on any atom is 0.304 e. The number of amides is 1. The van der Waals surface area contributed by atoms with Crippen molar-refractivity contribution in [1.82, 2.24) is 4.98 Å². The SMILES string of the molecule is O=C(O)CC1Cc2cc(F)ccc2N(Cc2nc3ccc(F)c(F)c3s2)C1=O. The van der Waals surface area contributed by atoms with E-state index in [4.69, 9.17) is 5.11 Å². The molecular weight excluding hydrogens is 393 g/mol. The lowest BCUT2D eigenvalue weighted by atomic mass is 9.89. The monoisotopic (exact) mass is 406 g/mol. The average Bonchev–Trinajstić information content (AvgIpc) is 3.05. The fourth-order valence-corrected chi connectivity index (χ4v) is 4.37. The summed E-state index contributed by atoms with van der Waals surface area (Å²) in [5.74, 6) is -4.87. The quantitative estimate of drug-likeness (QED) is 0.714. The number of thiazole rings is 1. The van der Waals surface area contributed by atoms with E-state index in [1.165, 1.54) is 29.2 Å². The summed E-state index contributed by atoms with van der Waals surface area (Å²) in [6.45, 7) is -0.0476. The number of carboxylic acids is 1. The third-order valence-electron chi connectivity index (χ3n) is 4.62. The van der Waals surface area contributed by atoms with Crippen molar-refractivity contribution in [3.63, 3.8) is 0 Å². The summed E-state index contributed by atoms with van der Waals surface area (Å²) in [6.07, 6.45) is -0.265. The number of nitrogens with zero attached hydrogens (tertiary/aromatic N) is 2. The van der Waals surface area contributed by atoms with E-state index in [9.17, 15) is 22.8 Å². The van der Waals surface area contributed by atoms with Crippen molar-refractivity contribution in [2.24, 2.45) is 5.92 Å². The van der Waals surface area contributed by atoms with Crippen LogP contribution in [0, 0.1) is 23.4 Å².